The fourth-order valence-corrected chi connectivity index (χ4v) is 2.50. The van der Waals surface area contributed by atoms with Crippen LogP contribution in [-0.2, 0) is 6.54 Å². The molecule has 0 aliphatic carbocycles. The van der Waals surface area contributed by atoms with E-state index in [9.17, 15) is 0 Å². The van der Waals surface area contributed by atoms with E-state index in [1.54, 1.807) is 0 Å². The molecule has 1 fully saturated rings. The van der Waals surface area contributed by atoms with E-state index in [1.807, 2.05) is 36.0 Å². The van der Waals surface area contributed by atoms with Crippen LogP contribution in [0.3, 0.4) is 0 Å². The van der Waals surface area contributed by atoms with E-state index in [2.05, 4.69) is 0 Å². The largest absolute Gasteiger partial charge is 0.493 e. The van der Waals surface area contributed by atoms with Gasteiger partial charge in [-0.15, -0.1) is 0 Å². The molecule has 0 spiro atoms. The predicted molar refractivity (Wildman–Crippen MR) is 65.3 cm³/mol. The van der Waals surface area contributed by atoms with Gasteiger partial charge in [0.1, 0.15) is 5.75 Å². The minimum absolute atomic E-state index is 0.551. The quantitative estimate of drug-likeness (QED) is 0.831. The van der Waals surface area contributed by atoms with Crippen LogP contribution in [0.2, 0.25) is 0 Å². The molecule has 2 N–H and O–H groups in total. The van der Waals surface area contributed by atoms with Gasteiger partial charge in [-0.25, -0.2) is 0 Å². The highest BCUT2D eigenvalue weighted by Crippen LogP contribution is 2.27. The Bertz CT molecular complexity index is 312. The molecule has 0 aromatic heterocycles. The number of hydrogen-bond donors (Lipinski definition) is 1. The molecule has 3 heteroatoms. The molecule has 0 amide bonds. The number of benzene rings is 1. The van der Waals surface area contributed by atoms with Crippen molar-refractivity contribution in [2.75, 3.05) is 18.1 Å². The lowest BCUT2D eigenvalue weighted by Crippen LogP contribution is -2.20. The Morgan fingerprint density at radius 3 is 2.80 bits per heavy atom. The third-order valence-electron chi connectivity index (χ3n) is 2.68. The highest BCUT2D eigenvalue weighted by atomic mass is 32.2. The zero-order valence-electron chi connectivity index (χ0n) is 8.82. The van der Waals surface area contributed by atoms with Crippen molar-refractivity contribution in [2.45, 2.75) is 13.0 Å². The molecule has 15 heavy (non-hydrogen) atoms. The van der Waals surface area contributed by atoms with Crippen molar-refractivity contribution in [3.05, 3.63) is 29.8 Å². The molecule has 1 aliphatic rings. The molecule has 1 saturated heterocycles. The van der Waals surface area contributed by atoms with Crippen LogP contribution in [0.4, 0.5) is 0 Å². The Hall–Kier alpha value is -0.670. The van der Waals surface area contributed by atoms with Crippen LogP contribution < -0.4 is 10.5 Å². The number of hydrogen-bond acceptors (Lipinski definition) is 3. The van der Waals surface area contributed by atoms with Gasteiger partial charge in [0.2, 0.25) is 0 Å². The molecule has 0 saturated carbocycles. The summed E-state index contributed by atoms with van der Waals surface area (Å²) in [5, 5.41) is 0. The van der Waals surface area contributed by atoms with Crippen LogP contribution in [0.1, 0.15) is 12.0 Å². The second kappa shape index (κ2) is 5.42. The van der Waals surface area contributed by atoms with Crippen LogP contribution in [0.15, 0.2) is 24.3 Å². The maximum atomic E-state index is 5.75. The summed E-state index contributed by atoms with van der Waals surface area (Å²) in [6, 6.07) is 8.01. The lowest BCUT2D eigenvalue weighted by molar-refractivity contribution is 0.286. The summed E-state index contributed by atoms with van der Waals surface area (Å²) in [7, 11) is 0. The van der Waals surface area contributed by atoms with Crippen LogP contribution in [-0.4, -0.2) is 18.1 Å². The monoisotopic (exact) mass is 223 g/mol. The van der Waals surface area contributed by atoms with Gasteiger partial charge in [0, 0.05) is 12.1 Å². The normalized spacial score (nSPS) is 16.1. The highest BCUT2D eigenvalue weighted by molar-refractivity contribution is 8.00. The van der Waals surface area contributed by atoms with Gasteiger partial charge in [0.25, 0.3) is 0 Å². The summed E-state index contributed by atoms with van der Waals surface area (Å²) in [5.74, 6) is 4.44. The first-order valence-corrected chi connectivity index (χ1v) is 6.54. The Morgan fingerprint density at radius 1 is 1.33 bits per heavy atom. The molecule has 2 rings (SSSR count). The zero-order valence-corrected chi connectivity index (χ0v) is 9.63. The number of nitrogens with two attached hydrogens (primary N) is 1. The van der Waals surface area contributed by atoms with Crippen molar-refractivity contribution in [1.29, 1.82) is 0 Å². The Labute approximate surface area is 95.2 Å². The van der Waals surface area contributed by atoms with Gasteiger partial charge < -0.3 is 10.5 Å². The molecular formula is C12H17NOS. The third kappa shape index (κ3) is 2.89. The van der Waals surface area contributed by atoms with Crippen LogP contribution in [0, 0.1) is 5.92 Å². The average Bonchev–Trinajstić information content (AvgIpc) is 2.22. The molecule has 0 bridgehead atoms. The maximum Gasteiger partial charge on any atom is 0.123 e. The number of thioether (sulfide) groups is 1. The SMILES string of the molecule is NCc1ccccc1OCCC1CSC1. The van der Waals surface area contributed by atoms with Crippen molar-refractivity contribution in [2.24, 2.45) is 11.7 Å². The molecule has 0 unspecified atom stereocenters. The van der Waals surface area contributed by atoms with E-state index in [0.29, 0.717) is 6.54 Å². The van der Waals surface area contributed by atoms with E-state index in [4.69, 9.17) is 10.5 Å². The number of ether oxygens (including phenoxy) is 1. The van der Waals surface area contributed by atoms with Crippen molar-refractivity contribution < 1.29 is 4.74 Å². The van der Waals surface area contributed by atoms with Gasteiger partial charge in [-0.05, 0) is 29.9 Å². The summed E-state index contributed by atoms with van der Waals surface area (Å²) in [5.41, 5.74) is 6.73. The van der Waals surface area contributed by atoms with E-state index < -0.39 is 0 Å². The molecule has 0 atom stereocenters. The minimum Gasteiger partial charge on any atom is -0.493 e. The van der Waals surface area contributed by atoms with E-state index in [0.717, 1.165) is 23.8 Å². The molecule has 1 aromatic rings. The smallest absolute Gasteiger partial charge is 0.123 e. The Kier molecular flexibility index (Phi) is 3.92. The summed E-state index contributed by atoms with van der Waals surface area (Å²) in [6.07, 6.45) is 1.17. The van der Waals surface area contributed by atoms with Crippen LogP contribution in [0.25, 0.3) is 0 Å². The standard InChI is InChI=1S/C12H17NOS/c13-7-11-3-1-2-4-12(11)14-6-5-10-8-15-9-10/h1-4,10H,5-9,13H2. The van der Waals surface area contributed by atoms with Gasteiger partial charge in [-0.1, -0.05) is 18.2 Å². The number of rotatable bonds is 5. The lowest BCUT2D eigenvalue weighted by atomic mass is 10.1. The fourth-order valence-electron chi connectivity index (χ4n) is 1.60. The topological polar surface area (TPSA) is 35.2 Å². The second-order valence-electron chi connectivity index (χ2n) is 3.85. The average molecular weight is 223 g/mol. The summed E-state index contributed by atoms with van der Waals surface area (Å²) < 4.78 is 5.75. The zero-order chi connectivity index (χ0) is 10.5. The van der Waals surface area contributed by atoms with Gasteiger partial charge in [-0.3, -0.25) is 0 Å². The van der Waals surface area contributed by atoms with E-state index in [-0.39, 0.29) is 0 Å². The second-order valence-corrected chi connectivity index (χ2v) is 4.93. The van der Waals surface area contributed by atoms with Gasteiger partial charge in [0.05, 0.1) is 6.61 Å². The van der Waals surface area contributed by atoms with Crippen molar-refractivity contribution in [3.63, 3.8) is 0 Å². The maximum absolute atomic E-state index is 5.75. The molecule has 0 radical (unpaired) electrons. The van der Waals surface area contributed by atoms with Crippen molar-refractivity contribution >= 4 is 11.8 Å². The molecular weight excluding hydrogens is 206 g/mol. The van der Waals surface area contributed by atoms with Gasteiger partial charge >= 0.3 is 0 Å². The van der Waals surface area contributed by atoms with Gasteiger partial charge in [0.15, 0.2) is 0 Å². The molecule has 2 nitrogen and oxygen atoms in total. The van der Waals surface area contributed by atoms with E-state index in [1.165, 1.54) is 17.9 Å². The highest BCUT2D eigenvalue weighted by Gasteiger charge is 2.17. The first-order valence-electron chi connectivity index (χ1n) is 5.38. The summed E-state index contributed by atoms with van der Waals surface area (Å²) in [4.78, 5) is 0. The van der Waals surface area contributed by atoms with Gasteiger partial charge in [-0.2, -0.15) is 11.8 Å². The minimum atomic E-state index is 0.551. The lowest BCUT2D eigenvalue weighted by Gasteiger charge is -2.24. The molecule has 1 aliphatic heterocycles. The Morgan fingerprint density at radius 2 is 2.13 bits per heavy atom. The van der Waals surface area contributed by atoms with Crippen LogP contribution in [0.5, 0.6) is 5.75 Å². The van der Waals surface area contributed by atoms with Crippen LogP contribution >= 0.6 is 11.8 Å². The third-order valence-corrected chi connectivity index (χ3v) is 4.10. The molecule has 1 aromatic carbocycles. The fraction of sp³-hybridized carbons (Fsp3) is 0.500. The Balaban J connectivity index is 1.81. The number of para-hydroxylation sites is 1. The summed E-state index contributed by atoms with van der Waals surface area (Å²) >= 11 is 2.02. The molecule has 82 valence electrons. The first kappa shape index (κ1) is 10.8. The first-order chi connectivity index (χ1) is 7.40. The van der Waals surface area contributed by atoms with E-state index >= 15 is 0 Å². The summed E-state index contributed by atoms with van der Waals surface area (Å²) in [6.45, 7) is 1.37. The van der Waals surface area contributed by atoms with Crippen molar-refractivity contribution in [3.8, 4) is 5.75 Å². The predicted octanol–water partition coefficient (Wildman–Crippen LogP) is 2.28. The molecule has 1 heterocycles. The van der Waals surface area contributed by atoms with Crippen molar-refractivity contribution in [1.82, 2.24) is 0 Å².